The highest BCUT2D eigenvalue weighted by Crippen LogP contribution is 2.23. The van der Waals surface area contributed by atoms with E-state index >= 15 is 0 Å². The molecule has 3 heterocycles. The van der Waals surface area contributed by atoms with Crippen LogP contribution in [0.4, 0.5) is 5.82 Å². The number of nitrogens with zero attached hydrogens (tertiary/aromatic N) is 4. The number of carbonyl (C=O) groups is 1. The minimum atomic E-state index is -0.185. The van der Waals surface area contributed by atoms with Crippen LogP contribution in [0.1, 0.15) is 22.3 Å². The van der Waals surface area contributed by atoms with Crippen LogP contribution in [0.2, 0.25) is 0 Å². The zero-order valence-corrected chi connectivity index (χ0v) is 19.2. The van der Waals surface area contributed by atoms with Crippen molar-refractivity contribution in [1.29, 1.82) is 0 Å². The van der Waals surface area contributed by atoms with Gasteiger partial charge >= 0.3 is 0 Å². The summed E-state index contributed by atoms with van der Waals surface area (Å²) in [7, 11) is 1.85. The van der Waals surface area contributed by atoms with Crippen LogP contribution in [0.15, 0.2) is 79.3 Å². The zero-order valence-electron chi connectivity index (χ0n) is 19.2. The van der Waals surface area contributed by atoms with E-state index in [1.54, 1.807) is 23.1 Å². The van der Waals surface area contributed by atoms with Crippen LogP contribution < -0.4 is 11.1 Å². The van der Waals surface area contributed by atoms with E-state index in [0.717, 1.165) is 37.2 Å². The van der Waals surface area contributed by atoms with Gasteiger partial charge in [0, 0.05) is 56.2 Å². The number of hydrogen-bond acceptors (Lipinski definition) is 5. The molecule has 34 heavy (non-hydrogen) atoms. The Morgan fingerprint density at radius 2 is 1.79 bits per heavy atom. The van der Waals surface area contributed by atoms with Gasteiger partial charge in [-0.1, -0.05) is 54.6 Å². The van der Waals surface area contributed by atoms with Crippen LogP contribution in [0.25, 0.3) is 22.3 Å². The first kappa shape index (κ1) is 21.9. The van der Waals surface area contributed by atoms with Crippen LogP contribution in [-0.4, -0.2) is 44.7 Å². The van der Waals surface area contributed by atoms with E-state index in [1.807, 2.05) is 19.3 Å². The topological polar surface area (TPSA) is 89.1 Å². The number of hydrogen-bond donors (Lipinski definition) is 2. The largest absolute Gasteiger partial charge is 0.383 e. The summed E-state index contributed by atoms with van der Waals surface area (Å²) in [6.45, 7) is 2.61. The van der Waals surface area contributed by atoms with Crippen LogP contribution in [-0.2, 0) is 13.6 Å². The van der Waals surface area contributed by atoms with Gasteiger partial charge in [-0.3, -0.25) is 14.4 Å². The van der Waals surface area contributed by atoms with Crippen molar-refractivity contribution in [1.82, 2.24) is 25.0 Å². The maximum atomic E-state index is 13.0. The number of amides is 1. The molecule has 3 N–H and O–H groups in total. The molecule has 2 aromatic heterocycles. The molecule has 2 aromatic carbocycles. The standard InChI is InChI=1S/C27H28N6O/c1-32-17-23(15-30-32)22-13-25(26(28)29-14-22)27(34)31-24-11-12-33(18-24)16-19-7-9-21(10-8-19)20-5-3-2-4-6-20/h2-10,13-15,17,24H,11-12,16,18H2,1H3,(H2,28,29)(H,31,34)/t24-/m1/s1. The van der Waals surface area contributed by atoms with Crippen molar-refractivity contribution in [3.8, 4) is 22.3 Å². The number of aromatic nitrogens is 3. The second kappa shape index (κ2) is 9.49. The molecule has 5 rings (SSSR count). The van der Waals surface area contributed by atoms with Crippen LogP contribution in [0.3, 0.4) is 0 Å². The van der Waals surface area contributed by atoms with Crippen molar-refractivity contribution < 1.29 is 4.79 Å². The summed E-state index contributed by atoms with van der Waals surface area (Å²) in [4.78, 5) is 19.6. The highest BCUT2D eigenvalue weighted by atomic mass is 16.1. The molecule has 1 aliphatic rings. The third kappa shape index (κ3) is 4.84. The summed E-state index contributed by atoms with van der Waals surface area (Å²) in [5.74, 6) is 0.0494. The van der Waals surface area contributed by atoms with Crippen LogP contribution >= 0.6 is 0 Å². The van der Waals surface area contributed by atoms with Gasteiger partial charge in [0.25, 0.3) is 5.91 Å². The van der Waals surface area contributed by atoms with Crippen molar-refractivity contribution in [3.05, 3.63) is 90.4 Å². The molecule has 1 amide bonds. The summed E-state index contributed by atoms with van der Waals surface area (Å²) >= 11 is 0. The van der Waals surface area contributed by atoms with Gasteiger partial charge in [-0.15, -0.1) is 0 Å². The number of pyridine rings is 1. The molecule has 0 radical (unpaired) electrons. The lowest BCUT2D eigenvalue weighted by atomic mass is 10.0. The minimum absolute atomic E-state index is 0.0811. The van der Waals surface area contributed by atoms with Gasteiger partial charge in [-0.25, -0.2) is 4.98 Å². The number of benzene rings is 2. The first-order chi connectivity index (χ1) is 16.5. The fourth-order valence-corrected chi connectivity index (χ4v) is 4.43. The van der Waals surface area contributed by atoms with Crippen molar-refractivity contribution >= 4 is 11.7 Å². The molecule has 1 saturated heterocycles. The van der Waals surface area contributed by atoms with Gasteiger partial charge < -0.3 is 11.1 Å². The number of anilines is 1. The Morgan fingerprint density at radius 3 is 2.53 bits per heavy atom. The summed E-state index contributed by atoms with van der Waals surface area (Å²) in [6.07, 6.45) is 6.21. The van der Waals surface area contributed by atoms with Gasteiger partial charge in [0.1, 0.15) is 5.82 Å². The number of rotatable bonds is 6. The molecule has 0 spiro atoms. The van der Waals surface area contributed by atoms with E-state index in [1.165, 1.54) is 16.7 Å². The molecule has 7 heteroatoms. The number of nitrogen functional groups attached to an aromatic ring is 1. The Balaban J connectivity index is 1.19. The Hall–Kier alpha value is -3.97. The lowest BCUT2D eigenvalue weighted by Gasteiger charge is -2.17. The molecular formula is C27H28N6O. The van der Waals surface area contributed by atoms with E-state index in [2.05, 4.69) is 68.8 Å². The molecule has 1 atom stereocenters. The Kier molecular flexibility index (Phi) is 6.10. The molecule has 0 unspecified atom stereocenters. The molecule has 0 bridgehead atoms. The van der Waals surface area contributed by atoms with Gasteiger partial charge in [-0.2, -0.15) is 5.10 Å². The van der Waals surface area contributed by atoms with Crippen molar-refractivity contribution in [2.45, 2.75) is 19.0 Å². The van der Waals surface area contributed by atoms with Gasteiger partial charge in [0.05, 0.1) is 11.8 Å². The fourth-order valence-electron chi connectivity index (χ4n) is 4.43. The average molecular weight is 453 g/mol. The molecule has 1 fully saturated rings. The van der Waals surface area contributed by atoms with E-state index in [0.29, 0.717) is 5.56 Å². The molecular weight excluding hydrogens is 424 g/mol. The first-order valence-electron chi connectivity index (χ1n) is 11.5. The summed E-state index contributed by atoms with van der Waals surface area (Å²) < 4.78 is 1.72. The van der Waals surface area contributed by atoms with Gasteiger partial charge in [-0.05, 0) is 29.2 Å². The molecule has 0 saturated carbocycles. The Bertz CT molecular complexity index is 1280. The van der Waals surface area contributed by atoms with E-state index in [-0.39, 0.29) is 17.8 Å². The van der Waals surface area contributed by atoms with E-state index in [4.69, 9.17) is 5.73 Å². The quantitative estimate of drug-likeness (QED) is 0.465. The summed E-state index contributed by atoms with van der Waals surface area (Å²) in [5, 5.41) is 7.33. The first-order valence-corrected chi connectivity index (χ1v) is 11.5. The van der Waals surface area contributed by atoms with Crippen molar-refractivity contribution in [2.75, 3.05) is 18.8 Å². The Labute approximate surface area is 199 Å². The average Bonchev–Trinajstić information content (AvgIpc) is 3.49. The zero-order chi connectivity index (χ0) is 23.5. The minimum Gasteiger partial charge on any atom is -0.383 e. The molecule has 4 aromatic rings. The van der Waals surface area contributed by atoms with Crippen molar-refractivity contribution in [2.24, 2.45) is 7.05 Å². The number of likely N-dealkylation sites (tertiary alicyclic amines) is 1. The van der Waals surface area contributed by atoms with Crippen LogP contribution in [0.5, 0.6) is 0 Å². The second-order valence-electron chi connectivity index (χ2n) is 8.82. The Morgan fingerprint density at radius 1 is 1.03 bits per heavy atom. The molecule has 0 aliphatic carbocycles. The SMILES string of the molecule is Cn1cc(-c2cnc(N)c(C(=O)N[C@@H]3CCN(Cc4ccc(-c5ccccc5)cc4)C3)c2)cn1. The highest BCUT2D eigenvalue weighted by molar-refractivity contribution is 5.99. The fraction of sp³-hybridized carbons (Fsp3) is 0.222. The summed E-state index contributed by atoms with van der Waals surface area (Å²) in [6, 6.07) is 21.0. The lowest BCUT2D eigenvalue weighted by Crippen LogP contribution is -2.37. The lowest BCUT2D eigenvalue weighted by molar-refractivity contribution is 0.0938. The third-order valence-electron chi connectivity index (χ3n) is 6.28. The monoisotopic (exact) mass is 452 g/mol. The van der Waals surface area contributed by atoms with E-state index < -0.39 is 0 Å². The van der Waals surface area contributed by atoms with Crippen LogP contribution in [0, 0.1) is 0 Å². The molecule has 172 valence electrons. The second-order valence-corrected chi connectivity index (χ2v) is 8.82. The van der Waals surface area contributed by atoms with Crippen molar-refractivity contribution in [3.63, 3.8) is 0 Å². The summed E-state index contributed by atoms with van der Waals surface area (Å²) in [5.41, 5.74) is 11.9. The van der Waals surface area contributed by atoms with E-state index in [9.17, 15) is 4.79 Å². The smallest absolute Gasteiger partial charge is 0.255 e. The predicted molar refractivity (Wildman–Crippen MR) is 134 cm³/mol. The number of aryl methyl sites for hydroxylation is 1. The molecule has 7 nitrogen and oxygen atoms in total. The maximum Gasteiger partial charge on any atom is 0.255 e. The third-order valence-corrected chi connectivity index (χ3v) is 6.28. The maximum absolute atomic E-state index is 13.0. The highest BCUT2D eigenvalue weighted by Gasteiger charge is 2.25. The normalized spacial score (nSPS) is 16.0. The number of nitrogens with one attached hydrogen (secondary N) is 1. The number of carbonyl (C=O) groups excluding carboxylic acids is 1. The predicted octanol–water partition coefficient (Wildman–Crippen LogP) is 3.74. The van der Waals surface area contributed by atoms with Gasteiger partial charge in [0.2, 0.25) is 0 Å². The molecule has 1 aliphatic heterocycles. The van der Waals surface area contributed by atoms with Gasteiger partial charge in [0.15, 0.2) is 0 Å². The number of nitrogens with two attached hydrogens (primary N) is 1.